The van der Waals surface area contributed by atoms with Crippen LogP contribution in [0.5, 0.6) is 0 Å². The van der Waals surface area contributed by atoms with Crippen LogP contribution in [0.3, 0.4) is 0 Å². The van der Waals surface area contributed by atoms with Crippen LogP contribution in [0.1, 0.15) is 15.9 Å². The molecule has 2 N–H and O–H groups in total. The third kappa shape index (κ3) is 2.21. The SMILES string of the molecule is Cc1ccc(C(=O)C2CSC(N)=N2)cc1. The van der Waals surface area contributed by atoms with E-state index in [-0.39, 0.29) is 11.8 Å². The quantitative estimate of drug-likeness (QED) is 0.770. The molecule has 1 atom stereocenters. The molecule has 15 heavy (non-hydrogen) atoms. The minimum Gasteiger partial charge on any atom is -0.379 e. The molecule has 1 aromatic carbocycles. The van der Waals surface area contributed by atoms with E-state index in [4.69, 9.17) is 5.73 Å². The molecule has 0 aromatic heterocycles. The van der Waals surface area contributed by atoms with Crippen LogP contribution >= 0.6 is 11.8 Å². The van der Waals surface area contributed by atoms with Crippen molar-refractivity contribution in [1.29, 1.82) is 0 Å². The number of thioether (sulfide) groups is 1. The summed E-state index contributed by atoms with van der Waals surface area (Å²) in [5.74, 6) is 0.724. The Hall–Kier alpha value is -1.29. The summed E-state index contributed by atoms with van der Waals surface area (Å²) < 4.78 is 0. The summed E-state index contributed by atoms with van der Waals surface area (Å²) in [7, 11) is 0. The number of rotatable bonds is 2. The van der Waals surface area contributed by atoms with E-state index in [9.17, 15) is 4.79 Å². The van der Waals surface area contributed by atoms with Gasteiger partial charge in [-0.05, 0) is 6.92 Å². The molecule has 1 aliphatic rings. The lowest BCUT2D eigenvalue weighted by Gasteiger charge is -2.04. The first-order chi connectivity index (χ1) is 7.16. The molecular weight excluding hydrogens is 208 g/mol. The lowest BCUT2D eigenvalue weighted by atomic mass is 10.0. The van der Waals surface area contributed by atoms with Crippen LogP contribution < -0.4 is 5.73 Å². The molecule has 0 spiro atoms. The van der Waals surface area contributed by atoms with E-state index in [0.717, 1.165) is 5.56 Å². The molecule has 1 aliphatic heterocycles. The van der Waals surface area contributed by atoms with Crippen LogP contribution in [-0.2, 0) is 0 Å². The van der Waals surface area contributed by atoms with Gasteiger partial charge in [0.05, 0.1) is 0 Å². The topological polar surface area (TPSA) is 55.5 Å². The molecule has 0 amide bonds. The van der Waals surface area contributed by atoms with Gasteiger partial charge in [0.2, 0.25) is 0 Å². The third-order valence-electron chi connectivity index (χ3n) is 2.31. The minimum absolute atomic E-state index is 0.0583. The van der Waals surface area contributed by atoms with Crippen molar-refractivity contribution in [3.8, 4) is 0 Å². The summed E-state index contributed by atoms with van der Waals surface area (Å²) in [5, 5.41) is 0.514. The zero-order valence-electron chi connectivity index (χ0n) is 8.43. The van der Waals surface area contributed by atoms with Gasteiger partial charge in [-0.3, -0.25) is 9.79 Å². The van der Waals surface area contributed by atoms with Crippen molar-refractivity contribution in [2.24, 2.45) is 10.7 Å². The summed E-state index contributed by atoms with van der Waals surface area (Å²) in [6.07, 6.45) is 0. The van der Waals surface area contributed by atoms with Gasteiger partial charge in [-0.2, -0.15) is 0 Å². The number of Topliss-reactive ketones (excluding diaryl/α,β-unsaturated/α-hetero) is 1. The Morgan fingerprint density at radius 1 is 1.47 bits per heavy atom. The molecule has 2 rings (SSSR count). The van der Waals surface area contributed by atoms with Crippen molar-refractivity contribution in [1.82, 2.24) is 0 Å². The highest BCUT2D eigenvalue weighted by Gasteiger charge is 2.24. The number of aryl methyl sites for hydroxylation is 1. The number of carbonyl (C=O) groups is 1. The van der Waals surface area contributed by atoms with E-state index in [1.54, 1.807) is 0 Å². The number of ketones is 1. The minimum atomic E-state index is -0.294. The summed E-state index contributed by atoms with van der Waals surface area (Å²) in [6, 6.07) is 7.25. The van der Waals surface area contributed by atoms with Crippen LogP contribution in [0.25, 0.3) is 0 Å². The van der Waals surface area contributed by atoms with Gasteiger partial charge in [-0.1, -0.05) is 41.6 Å². The second-order valence-electron chi connectivity index (χ2n) is 3.52. The zero-order chi connectivity index (χ0) is 10.8. The fourth-order valence-electron chi connectivity index (χ4n) is 1.44. The predicted molar refractivity (Wildman–Crippen MR) is 63.4 cm³/mol. The fourth-order valence-corrected chi connectivity index (χ4v) is 2.19. The van der Waals surface area contributed by atoms with Crippen LogP contribution in [0.4, 0.5) is 0 Å². The summed E-state index contributed by atoms with van der Waals surface area (Å²) in [6.45, 7) is 2.00. The van der Waals surface area contributed by atoms with Gasteiger partial charge in [-0.25, -0.2) is 0 Å². The molecule has 0 bridgehead atoms. The lowest BCUT2D eigenvalue weighted by Crippen LogP contribution is -2.18. The lowest BCUT2D eigenvalue weighted by molar-refractivity contribution is 0.0971. The maximum atomic E-state index is 11.9. The van der Waals surface area contributed by atoms with E-state index >= 15 is 0 Å². The van der Waals surface area contributed by atoms with Crippen LogP contribution in [0.2, 0.25) is 0 Å². The highest BCUT2D eigenvalue weighted by molar-refractivity contribution is 8.14. The first kappa shape index (κ1) is 10.2. The molecule has 4 heteroatoms. The molecular formula is C11H12N2OS. The molecule has 0 saturated carbocycles. The van der Waals surface area contributed by atoms with Crippen molar-refractivity contribution >= 4 is 22.7 Å². The Bertz CT molecular complexity index is 411. The number of hydrogen-bond donors (Lipinski definition) is 1. The van der Waals surface area contributed by atoms with E-state index in [2.05, 4.69) is 4.99 Å². The summed E-state index contributed by atoms with van der Waals surface area (Å²) in [5.41, 5.74) is 7.39. The molecule has 0 radical (unpaired) electrons. The number of nitrogens with zero attached hydrogens (tertiary/aromatic N) is 1. The molecule has 0 aliphatic carbocycles. The maximum Gasteiger partial charge on any atom is 0.188 e. The van der Waals surface area contributed by atoms with Gasteiger partial charge >= 0.3 is 0 Å². The fraction of sp³-hybridized carbons (Fsp3) is 0.273. The number of benzene rings is 1. The Labute approximate surface area is 92.8 Å². The average Bonchev–Trinajstić information content (AvgIpc) is 2.65. The Morgan fingerprint density at radius 2 is 2.13 bits per heavy atom. The largest absolute Gasteiger partial charge is 0.379 e. The molecule has 3 nitrogen and oxygen atoms in total. The first-order valence-electron chi connectivity index (χ1n) is 4.74. The van der Waals surface area contributed by atoms with E-state index < -0.39 is 0 Å². The molecule has 1 aromatic rings. The van der Waals surface area contributed by atoms with Crippen LogP contribution in [0, 0.1) is 6.92 Å². The Morgan fingerprint density at radius 3 is 2.67 bits per heavy atom. The first-order valence-corrected chi connectivity index (χ1v) is 5.72. The highest BCUT2D eigenvalue weighted by Crippen LogP contribution is 2.19. The van der Waals surface area contributed by atoms with Gasteiger partial charge in [0, 0.05) is 11.3 Å². The average molecular weight is 220 g/mol. The standard InChI is InChI=1S/C11H12N2OS/c1-7-2-4-8(5-3-7)10(14)9-6-15-11(12)13-9/h2-5,9H,6H2,1H3,(H2,12,13). The van der Waals surface area contributed by atoms with Crippen molar-refractivity contribution in [2.45, 2.75) is 13.0 Å². The van der Waals surface area contributed by atoms with Crippen molar-refractivity contribution < 1.29 is 4.79 Å². The highest BCUT2D eigenvalue weighted by atomic mass is 32.2. The summed E-state index contributed by atoms with van der Waals surface area (Å²) >= 11 is 1.44. The molecule has 1 unspecified atom stereocenters. The van der Waals surface area contributed by atoms with Gasteiger partial charge < -0.3 is 5.73 Å². The van der Waals surface area contributed by atoms with Crippen molar-refractivity contribution in [2.75, 3.05) is 5.75 Å². The maximum absolute atomic E-state index is 11.9. The van der Waals surface area contributed by atoms with Gasteiger partial charge in [-0.15, -0.1) is 0 Å². The molecule has 0 saturated heterocycles. The predicted octanol–water partition coefficient (Wildman–Crippen LogP) is 1.61. The van der Waals surface area contributed by atoms with Gasteiger partial charge in [0.25, 0.3) is 0 Å². The third-order valence-corrected chi connectivity index (χ3v) is 3.19. The van der Waals surface area contributed by atoms with Crippen LogP contribution in [-0.4, -0.2) is 22.7 Å². The van der Waals surface area contributed by atoms with Gasteiger partial charge in [0.1, 0.15) is 6.04 Å². The number of amidine groups is 1. The zero-order valence-corrected chi connectivity index (χ0v) is 9.25. The Balaban J connectivity index is 2.18. The van der Waals surface area contributed by atoms with Crippen LogP contribution in [0.15, 0.2) is 29.3 Å². The molecule has 0 fully saturated rings. The van der Waals surface area contributed by atoms with E-state index in [1.165, 1.54) is 11.8 Å². The second-order valence-corrected chi connectivity index (χ2v) is 4.56. The normalized spacial score (nSPS) is 20.1. The molecule has 1 heterocycles. The molecule has 78 valence electrons. The summed E-state index contributed by atoms with van der Waals surface area (Å²) in [4.78, 5) is 16.0. The monoisotopic (exact) mass is 220 g/mol. The number of hydrogen-bond acceptors (Lipinski definition) is 4. The second kappa shape index (κ2) is 4.06. The van der Waals surface area contributed by atoms with E-state index in [0.29, 0.717) is 16.5 Å². The van der Waals surface area contributed by atoms with Crippen molar-refractivity contribution in [3.63, 3.8) is 0 Å². The smallest absolute Gasteiger partial charge is 0.188 e. The number of carbonyl (C=O) groups excluding carboxylic acids is 1. The van der Waals surface area contributed by atoms with Gasteiger partial charge in [0.15, 0.2) is 11.0 Å². The number of aliphatic imine (C=N–C) groups is 1. The van der Waals surface area contributed by atoms with E-state index in [1.807, 2.05) is 31.2 Å². The Kier molecular flexibility index (Phi) is 2.77. The van der Waals surface area contributed by atoms with Crippen molar-refractivity contribution in [3.05, 3.63) is 35.4 Å². The number of nitrogens with two attached hydrogens (primary N) is 1.